The summed E-state index contributed by atoms with van der Waals surface area (Å²) in [6.45, 7) is 3.06. The van der Waals surface area contributed by atoms with Crippen molar-refractivity contribution in [1.82, 2.24) is 4.90 Å². The van der Waals surface area contributed by atoms with Gasteiger partial charge in [-0.3, -0.25) is 4.79 Å². The van der Waals surface area contributed by atoms with E-state index in [1.54, 1.807) is 19.0 Å². The van der Waals surface area contributed by atoms with Crippen LogP contribution in [0.3, 0.4) is 0 Å². The summed E-state index contributed by atoms with van der Waals surface area (Å²) in [5.74, 6) is 0.0291. The quantitative estimate of drug-likeness (QED) is 0.743. The molecule has 0 aliphatic rings. The molecule has 0 fully saturated rings. The fourth-order valence-electron chi connectivity index (χ4n) is 1.85. The second kappa shape index (κ2) is 7.79. The Balaban J connectivity index is 2.61. The Morgan fingerprint density at radius 2 is 2.00 bits per heavy atom. The fraction of sp³-hybridized carbons (Fsp3) is 0.533. The van der Waals surface area contributed by atoms with E-state index in [2.05, 4.69) is 5.32 Å². The summed E-state index contributed by atoms with van der Waals surface area (Å²) in [6, 6.07) is 5.87. The van der Waals surface area contributed by atoms with Crippen LogP contribution in [-0.2, 0) is 0 Å². The minimum absolute atomic E-state index is 0.0291. The Hall–Kier alpha value is -1.55. The molecule has 2 N–H and O–H groups in total. The summed E-state index contributed by atoms with van der Waals surface area (Å²) in [4.78, 5) is 13.6. The van der Waals surface area contributed by atoms with Crippen LogP contribution >= 0.6 is 0 Å². The van der Waals surface area contributed by atoms with Crippen LogP contribution in [0.25, 0.3) is 0 Å². The molecule has 19 heavy (non-hydrogen) atoms. The van der Waals surface area contributed by atoms with Crippen molar-refractivity contribution in [3.63, 3.8) is 0 Å². The molecule has 0 unspecified atom stereocenters. The number of unbranched alkanes of at least 4 members (excludes halogenated alkanes) is 2. The standard InChI is InChI=1S/C15H24N2O2/c1-12-7-8-13(16-9-5-4-6-10-18)11-14(12)15(19)17(2)3/h7-8,11,16,18H,4-6,9-10H2,1-3H3. The third-order valence-corrected chi connectivity index (χ3v) is 3.04. The largest absolute Gasteiger partial charge is 0.396 e. The monoisotopic (exact) mass is 264 g/mol. The number of anilines is 1. The summed E-state index contributed by atoms with van der Waals surface area (Å²) < 4.78 is 0. The lowest BCUT2D eigenvalue weighted by molar-refractivity contribution is 0.0827. The predicted octanol–water partition coefficient (Wildman–Crippen LogP) is 2.27. The van der Waals surface area contributed by atoms with Crippen molar-refractivity contribution < 1.29 is 9.90 Å². The lowest BCUT2D eigenvalue weighted by Crippen LogP contribution is -2.22. The maximum absolute atomic E-state index is 12.0. The molecule has 0 aromatic heterocycles. The second-order valence-electron chi connectivity index (χ2n) is 4.94. The summed E-state index contributed by atoms with van der Waals surface area (Å²) in [5.41, 5.74) is 2.70. The Morgan fingerprint density at radius 3 is 2.63 bits per heavy atom. The van der Waals surface area contributed by atoms with Gasteiger partial charge in [0.2, 0.25) is 0 Å². The lowest BCUT2D eigenvalue weighted by Gasteiger charge is -2.14. The molecule has 1 rings (SSSR count). The Labute approximate surface area is 115 Å². The molecule has 1 aromatic carbocycles. The number of benzene rings is 1. The molecule has 4 nitrogen and oxygen atoms in total. The summed E-state index contributed by atoms with van der Waals surface area (Å²) in [7, 11) is 3.52. The van der Waals surface area contributed by atoms with Crippen molar-refractivity contribution in [1.29, 1.82) is 0 Å². The number of rotatable bonds is 7. The van der Waals surface area contributed by atoms with Crippen LogP contribution in [0.4, 0.5) is 5.69 Å². The van der Waals surface area contributed by atoms with Crippen LogP contribution in [0, 0.1) is 6.92 Å². The van der Waals surface area contributed by atoms with Gasteiger partial charge in [0.1, 0.15) is 0 Å². The zero-order valence-electron chi connectivity index (χ0n) is 12.1. The van der Waals surface area contributed by atoms with Crippen LogP contribution in [0.5, 0.6) is 0 Å². The third kappa shape index (κ3) is 4.91. The molecular weight excluding hydrogens is 240 g/mol. The molecule has 1 amide bonds. The van der Waals surface area contributed by atoms with Crippen LogP contribution in [0.2, 0.25) is 0 Å². The highest BCUT2D eigenvalue weighted by atomic mass is 16.2. The Kier molecular flexibility index (Phi) is 6.36. The van der Waals surface area contributed by atoms with Gasteiger partial charge in [-0.2, -0.15) is 0 Å². The number of carbonyl (C=O) groups excluding carboxylic acids is 1. The number of aliphatic hydroxyl groups excluding tert-OH is 1. The van der Waals surface area contributed by atoms with Crippen LogP contribution in [0.1, 0.15) is 35.2 Å². The average molecular weight is 264 g/mol. The van der Waals surface area contributed by atoms with Gasteiger partial charge in [-0.15, -0.1) is 0 Å². The third-order valence-electron chi connectivity index (χ3n) is 3.04. The van der Waals surface area contributed by atoms with E-state index in [1.165, 1.54) is 0 Å². The van der Waals surface area contributed by atoms with Crippen molar-refractivity contribution in [2.75, 3.05) is 32.6 Å². The minimum Gasteiger partial charge on any atom is -0.396 e. The number of carbonyl (C=O) groups is 1. The van der Waals surface area contributed by atoms with Crippen LogP contribution in [-0.4, -0.2) is 43.2 Å². The number of nitrogens with one attached hydrogen (secondary N) is 1. The van der Waals surface area contributed by atoms with E-state index in [4.69, 9.17) is 5.11 Å². The van der Waals surface area contributed by atoms with Crippen molar-refractivity contribution in [2.24, 2.45) is 0 Å². The maximum atomic E-state index is 12.0. The molecule has 0 bridgehead atoms. The van der Waals surface area contributed by atoms with Gasteiger partial charge in [0.05, 0.1) is 0 Å². The molecular formula is C15H24N2O2. The van der Waals surface area contributed by atoms with E-state index in [0.717, 1.165) is 42.6 Å². The minimum atomic E-state index is 0.0291. The maximum Gasteiger partial charge on any atom is 0.253 e. The topological polar surface area (TPSA) is 52.6 Å². The van der Waals surface area contributed by atoms with Crippen molar-refractivity contribution in [2.45, 2.75) is 26.2 Å². The number of amides is 1. The summed E-state index contributed by atoms with van der Waals surface area (Å²) in [6.07, 6.45) is 2.88. The first-order valence-corrected chi connectivity index (χ1v) is 6.73. The average Bonchev–Trinajstić information content (AvgIpc) is 2.39. The number of aliphatic hydroxyl groups is 1. The molecule has 0 atom stereocenters. The smallest absolute Gasteiger partial charge is 0.253 e. The van der Waals surface area contributed by atoms with Crippen molar-refractivity contribution in [3.8, 4) is 0 Å². The molecule has 0 saturated carbocycles. The normalized spacial score (nSPS) is 10.3. The molecule has 0 radical (unpaired) electrons. The van der Waals surface area contributed by atoms with E-state index in [9.17, 15) is 4.79 Å². The van der Waals surface area contributed by atoms with Gasteiger partial charge in [-0.05, 0) is 43.9 Å². The number of aryl methyl sites for hydroxylation is 1. The van der Waals surface area contributed by atoms with E-state index in [0.29, 0.717) is 0 Å². The zero-order chi connectivity index (χ0) is 14.3. The summed E-state index contributed by atoms with van der Waals surface area (Å²) >= 11 is 0. The fourth-order valence-corrected chi connectivity index (χ4v) is 1.85. The molecule has 0 aliphatic carbocycles. The molecule has 106 valence electrons. The van der Waals surface area contributed by atoms with Crippen molar-refractivity contribution in [3.05, 3.63) is 29.3 Å². The zero-order valence-corrected chi connectivity index (χ0v) is 12.1. The van der Waals surface area contributed by atoms with Gasteiger partial charge < -0.3 is 15.3 Å². The first kappa shape index (κ1) is 15.5. The van der Waals surface area contributed by atoms with E-state index in [1.807, 2.05) is 25.1 Å². The predicted molar refractivity (Wildman–Crippen MR) is 78.6 cm³/mol. The highest BCUT2D eigenvalue weighted by molar-refractivity contribution is 5.96. The van der Waals surface area contributed by atoms with Crippen molar-refractivity contribution >= 4 is 11.6 Å². The first-order valence-electron chi connectivity index (χ1n) is 6.73. The number of hydrogen-bond donors (Lipinski definition) is 2. The first-order chi connectivity index (χ1) is 9.06. The lowest BCUT2D eigenvalue weighted by atomic mass is 10.1. The Morgan fingerprint density at radius 1 is 1.26 bits per heavy atom. The van der Waals surface area contributed by atoms with Gasteiger partial charge >= 0.3 is 0 Å². The van der Waals surface area contributed by atoms with E-state index >= 15 is 0 Å². The van der Waals surface area contributed by atoms with Crippen LogP contribution in [0.15, 0.2) is 18.2 Å². The highest BCUT2D eigenvalue weighted by Crippen LogP contribution is 2.16. The van der Waals surface area contributed by atoms with Gasteiger partial charge in [-0.25, -0.2) is 0 Å². The number of hydrogen-bond acceptors (Lipinski definition) is 3. The molecule has 0 spiro atoms. The molecule has 0 heterocycles. The van der Waals surface area contributed by atoms with Gasteiger partial charge in [0, 0.05) is 38.5 Å². The molecule has 0 aliphatic heterocycles. The van der Waals surface area contributed by atoms with E-state index in [-0.39, 0.29) is 12.5 Å². The van der Waals surface area contributed by atoms with Gasteiger partial charge in [0.25, 0.3) is 5.91 Å². The SMILES string of the molecule is Cc1ccc(NCCCCCO)cc1C(=O)N(C)C. The summed E-state index contributed by atoms with van der Waals surface area (Å²) in [5, 5.41) is 12.0. The second-order valence-corrected chi connectivity index (χ2v) is 4.94. The molecule has 4 heteroatoms. The Bertz CT molecular complexity index is 417. The molecule has 1 aromatic rings. The number of nitrogens with zero attached hydrogens (tertiary/aromatic N) is 1. The van der Waals surface area contributed by atoms with E-state index < -0.39 is 0 Å². The van der Waals surface area contributed by atoms with Gasteiger partial charge in [0.15, 0.2) is 0 Å². The van der Waals surface area contributed by atoms with Crippen LogP contribution < -0.4 is 5.32 Å². The van der Waals surface area contributed by atoms with Gasteiger partial charge in [-0.1, -0.05) is 6.07 Å². The highest BCUT2D eigenvalue weighted by Gasteiger charge is 2.11. The molecule has 0 saturated heterocycles.